The van der Waals surface area contributed by atoms with Gasteiger partial charge in [-0.15, -0.1) is 36.2 Å². The van der Waals surface area contributed by atoms with Crippen molar-refractivity contribution in [3.8, 4) is 0 Å². The fourth-order valence-corrected chi connectivity index (χ4v) is 3.68. The number of nitrogens with zero attached hydrogens (tertiary/aromatic N) is 1. The van der Waals surface area contributed by atoms with Crippen LogP contribution in [0.2, 0.25) is 0 Å². The van der Waals surface area contributed by atoms with Crippen molar-refractivity contribution < 1.29 is 4.79 Å². The minimum absolute atomic E-state index is 0. The molecule has 1 aliphatic rings. The average molecular weight is 382 g/mol. The Labute approximate surface area is 156 Å². The van der Waals surface area contributed by atoms with E-state index in [0.29, 0.717) is 11.8 Å². The summed E-state index contributed by atoms with van der Waals surface area (Å²) in [5, 5.41) is 7.47. The molecule has 0 aliphatic carbocycles. The lowest BCUT2D eigenvalue weighted by Gasteiger charge is -2.22. The minimum atomic E-state index is 0. The summed E-state index contributed by atoms with van der Waals surface area (Å²) in [5.74, 6) is 1.28. The Bertz CT molecular complexity index is 474. The van der Waals surface area contributed by atoms with Crippen molar-refractivity contribution in [2.24, 2.45) is 11.8 Å². The molecule has 1 aromatic heterocycles. The number of thiazole rings is 1. The zero-order valence-corrected chi connectivity index (χ0v) is 16.6. The van der Waals surface area contributed by atoms with E-state index >= 15 is 0 Å². The molecule has 0 saturated carbocycles. The van der Waals surface area contributed by atoms with Crippen molar-refractivity contribution in [1.82, 2.24) is 15.6 Å². The van der Waals surface area contributed by atoms with Crippen LogP contribution in [-0.4, -0.2) is 30.5 Å². The number of halogens is 2. The van der Waals surface area contributed by atoms with E-state index in [2.05, 4.69) is 29.5 Å². The number of carbonyl (C=O) groups excluding carboxylic acids is 1. The van der Waals surface area contributed by atoms with Gasteiger partial charge in [-0.2, -0.15) is 0 Å². The molecule has 1 fully saturated rings. The molecule has 1 saturated heterocycles. The largest absolute Gasteiger partial charge is 0.351 e. The predicted octanol–water partition coefficient (Wildman–Crippen LogP) is 3.61. The molecule has 7 heteroatoms. The van der Waals surface area contributed by atoms with Crippen molar-refractivity contribution in [2.75, 3.05) is 19.6 Å². The van der Waals surface area contributed by atoms with Crippen molar-refractivity contribution >= 4 is 42.1 Å². The van der Waals surface area contributed by atoms with Crippen LogP contribution in [0.1, 0.15) is 53.5 Å². The van der Waals surface area contributed by atoms with E-state index < -0.39 is 0 Å². The summed E-state index contributed by atoms with van der Waals surface area (Å²) in [7, 11) is 0. The molecule has 2 rings (SSSR count). The fourth-order valence-electron chi connectivity index (χ4n) is 2.81. The number of aromatic nitrogens is 1. The first kappa shape index (κ1) is 22.6. The molecule has 4 nitrogen and oxygen atoms in total. The van der Waals surface area contributed by atoms with Crippen molar-refractivity contribution in [1.29, 1.82) is 0 Å². The molecule has 1 atom stereocenters. The first-order valence-corrected chi connectivity index (χ1v) is 8.83. The normalized spacial score (nSPS) is 17.3. The number of hydrogen-bond acceptors (Lipinski definition) is 4. The average Bonchev–Trinajstić information content (AvgIpc) is 2.80. The van der Waals surface area contributed by atoms with Crippen molar-refractivity contribution in [3.63, 3.8) is 0 Å². The molecular formula is C16H29Cl2N3OS. The van der Waals surface area contributed by atoms with Gasteiger partial charge in [-0.3, -0.25) is 4.79 Å². The maximum atomic E-state index is 12.3. The van der Waals surface area contributed by atoms with Crippen molar-refractivity contribution in [2.45, 2.75) is 46.5 Å². The Hall–Kier alpha value is -0.360. The van der Waals surface area contributed by atoms with Crippen LogP contribution in [0.5, 0.6) is 0 Å². The molecule has 1 aliphatic heterocycles. The number of piperidine rings is 1. The van der Waals surface area contributed by atoms with Crippen molar-refractivity contribution in [3.05, 3.63) is 15.6 Å². The summed E-state index contributed by atoms with van der Waals surface area (Å²) in [4.78, 5) is 17.7. The van der Waals surface area contributed by atoms with Gasteiger partial charge < -0.3 is 10.6 Å². The molecule has 0 spiro atoms. The van der Waals surface area contributed by atoms with Crippen LogP contribution in [0, 0.1) is 18.8 Å². The molecule has 0 bridgehead atoms. The molecule has 1 unspecified atom stereocenters. The third kappa shape index (κ3) is 7.38. The maximum Gasteiger partial charge on any atom is 0.263 e. The smallest absolute Gasteiger partial charge is 0.263 e. The van der Waals surface area contributed by atoms with Gasteiger partial charge in [0, 0.05) is 6.54 Å². The van der Waals surface area contributed by atoms with Crippen LogP contribution in [0.25, 0.3) is 0 Å². The molecule has 2 heterocycles. The van der Waals surface area contributed by atoms with E-state index in [-0.39, 0.29) is 30.7 Å². The number of carbonyl (C=O) groups is 1. The van der Waals surface area contributed by atoms with Gasteiger partial charge in [-0.25, -0.2) is 4.98 Å². The van der Waals surface area contributed by atoms with Gasteiger partial charge in [0.15, 0.2) is 0 Å². The molecule has 23 heavy (non-hydrogen) atoms. The highest BCUT2D eigenvalue weighted by Gasteiger charge is 2.18. The SMILES string of the molecule is Cc1nc(CC(C)C)c(C(=O)NCCC2CCCNC2)s1.Cl.Cl. The summed E-state index contributed by atoms with van der Waals surface area (Å²) in [6.45, 7) is 9.29. The van der Waals surface area contributed by atoms with Crippen LogP contribution in [0.15, 0.2) is 0 Å². The quantitative estimate of drug-likeness (QED) is 0.790. The van der Waals surface area contributed by atoms with Gasteiger partial charge >= 0.3 is 0 Å². The molecule has 134 valence electrons. The zero-order chi connectivity index (χ0) is 15.2. The van der Waals surface area contributed by atoms with Crippen LogP contribution >= 0.6 is 36.2 Å². The Kier molecular flexibility index (Phi) is 11.1. The molecular weight excluding hydrogens is 353 g/mol. The maximum absolute atomic E-state index is 12.3. The Morgan fingerprint density at radius 3 is 2.78 bits per heavy atom. The lowest BCUT2D eigenvalue weighted by atomic mass is 9.96. The number of hydrogen-bond donors (Lipinski definition) is 2. The second kappa shape index (κ2) is 11.2. The highest BCUT2D eigenvalue weighted by atomic mass is 35.5. The molecule has 0 aromatic carbocycles. The van der Waals surface area contributed by atoms with Gasteiger partial charge in [-0.1, -0.05) is 13.8 Å². The van der Waals surface area contributed by atoms with E-state index in [1.807, 2.05) is 6.92 Å². The summed E-state index contributed by atoms with van der Waals surface area (Å²) in [6, 6.07) is 0. The second-order valence-corrected chi connectivity index (χ2v) is 7.57. The summed E-state index contributed by atoms with van der Waals surface area (Å²) >= 11 is 1.51. The third-order valence-electron chi connectivity index (χ3n) is 3.85. The van der Waals surface area contributed by atoms with Crippen LogP contribution in [-0.2, 0) is 6.42 Å². The Morgan fingerprint density at radius 1 is 1.43 bits per heavy atom. The van der Waals surface area contributed by atoms with E-state index in [1.165, 1.54) is 24.2 Å². The zero-order valence-electron chi connectivity index (χ0n) is 14.2. The molecule has 1 aromatic rings. The van der Waals surface area contributed by atoms with Gasteiger partial charge in [-0.05, 0) is 57.5 Å². The number of amides is 1. The minimum Gasteiger partial charge on any atom is -0.351 e. The Balaban J connectivity index is 0.00000242. The van der Waals surface area contributed by atoms with Gasteiger partial charge in [0.2, 0.25) is 0 Å². The van der Waals surface area contributed by atoms with Gasteiger partial charge in [0.25, 0.3) is 5.91 Å². The molecule has 2 N–H and O–H groups in total. The third-order valence-corrected chi connectivity index (χ3v) is 4.86. The fraction of sp³-hybridized carbons (Fsp3) is 0.750. The van der Waals surface area contributed by atoms with Crippen LogP contribution < -0.4 is 10.6 Å². The first-order valence-electron chi connectivity index (χ1n) is 8.01. The molecule has 1 amide bonds. The second-order valence-electron chi connectivity index (χ2n) is 6.36. The van der Waals surface area contributed by atoms with E-state index in [1.54, 1.807) is 0 Å². The number of nitrogens with one attached hydrogen (secondary N) is 2. The van der Waals surface area contributed by atoms with E-state index in [0.717, 1.165) is 48.1 Å². The van der Waals surface area contributed by atoms with E-state index in [4.69, 9.17) is 0 Å². The predicted molar refractivity (Wildman–Crippen MR) is 102 cm³/mol. The summed E-state index contributed by atoms with van der Waals surface area (Å²) in [5.41, 5.74) is 0.962. The van der Waals surface area contributed by atoms with E-state index in [9.17, 15) is 4.79 Å². The summed E-state index contributed by atoms with van der Waals surface area (Å²) < 4.78 is 0. The lowest BCUT2D eigenvalue weighted by Crippen LogP contribution is -2.33. The van der Waals surface area contributed by atoms with Gasteiger partial charge in [0.1, 0.15) is 4.88 Å². The number of rotatable bonds is 6. The topological polar surface area (TPSA) is 54.0 Å². The summed E-state index contributed by atoms with van der Waals surface area (Å²) in [6.07, 6.45) is 4.47. The number of aryl methyl sites for hydroxylation is 1. The monoisotopic (exact) mass is 381 g/mol. The lowest BCUT2D eigenvalue weighted by molar-refractivity contribution is 0.0953. The standard InChI is InChI=1S/C16H27N3OS.2ClH/c1-11(2)9-14-15(21-12(3)19-14)16(20)18-8-6-13-5-4-7-17-10-13;;/h11,13,17H,4-10H2,1-3H3,(H,18,20);2*1H. The highest BCUT2D eigenvalue weighted by molar-refractivity contribution is 7.13. The highest BCUT2D eigenvalue weighted by Crippen LogP contribution is 2.21. The Morgan fingerprint density at radius 2 is 2.17 bits per heavy atom. The first-order chi connectivity index (χ1) is 10.1. The van der Waals surface area contributed by atoms with Crippen LogP contribution in [0.3, 0.4) is 0 Å². The van der Waals surface area contributed by atoms with Gasteiger partial charge in [0.05, 0.1) is 10.7 Å². The van der Waals surface area contributed by atoms with Crippen LogP contribution in [0.4, 0.5) is 0 Å². The molecule has 0 radical (unpaired) electrons.